The number of aromatic carboxylic acids is 1. The Morgan fingerprint density at radius 3 is 2.76 bits per heavy atom. The van der Waals surface area contributed by atoms with Crippen LogP contribution < -0.4 is 0 Å². The lowest BCUT2D eigenvalue weighted by atomic mass is 10.2. The van der Waals surface area contributed by atoms with E-state index in [0.29, 0.717) is 5.69 Å². The normalized spacial score (nSPS) is 11.4. The Kier molecular flexibility index (Phi) is 2.03. The van der Waals surface area contributed by atoms with Crippen molar-refractivity contribution in [2.75, 3.05) is 0 Å². The second-order valence-electron chi connectivity index (χ2n) is 4.21. The fraction of sp³-hybridized carbons (Fsp3) is 0.154. The molecule has 86 valence electrons. The molecule has 17 heavy (non-hydrogen) atoms. The van der Waals surface area contributed by atoms with E-state index in [1.807, 2.05) is 6.92 Å². The van der Waals surface area contributed by atoms with E-state index in [9.17, 15) is 4.79 Å². The molecule has 3 rings (SSSR count). The van der Waals surface area contributed by atoms with Crippen LogP contribution in [0.2, 0.25) is 0 Å². The molecule has 1 N–H and O–H groups in total. The third kappa shape index (κ3) is 1.37. The van der Waals surface area contributed by atoms with Crippen molar-refractivity contribution in [1.29, 1.82) is 0 Å². The van der Waals surface area contributed by atoms with Crippen LogP contribution in [0, 0.1) is 6.92 Å². The van der Waals surface area contributed by atoms with Gasteiger partial charge in [-0.05, 0) is 25.1 Å². The Morgan fingerprint density at radius 2 is 2.06 bits per heavy atom. The smallest absolute Gasteiger partial charge is 0.352 e. The SMILES string of the molecule is Cc1ccc2sc3cc(C(=O)O)n(C)c3c2c1. The van der Waals surface area contributed by atoms with Crippen LogP contribution in [0.4, 0.5) is 0 Å². The van der Waals surface area contributed by atoms with Crippen molar-refractivity contribution in [1.82, 2.24) is 4.57 Å². The van der Waals surface area contributed by atoms with Crippen LogP contribution >= 0.6 is 11.3 Å². The average molecular weight is 245 g/mol. The molecule has 0 aliphatic heterocycles. The van der Waals surface area contributed by atoms with Crippen molar-refractivity contribution < 1.29 is 9.90 Å². The third-order valence-corrected chi connectivity index (χ3v) is 4.13. The topological polar surface area (TPSA) is 42.2 Å². The van der Waals surface area contributed by atoms with Gasteiger partial charge in [-0.3, -0.25) is 0 Å². The Bertz CT molecular complexity index is 752. The van der Waals surface area contributed by atoms with Gasteiger partial charge in [-0.1, -0.05) is 11.6 Å². The van der Waals surface area contributed by atoms with Gasteiger partial charge < -0.3 is 9.67 Å². The van der Waals surface area contributed by atoms with Crippen LogP contribution in [0.3, 0.4) is 0 Å². The van der Waals surface area contributed by atoms with E-state index in [-0.39, 0.29) is 0 Å². The highest BCUT2D eigenvalue weighted by atomic mass is 32.1. The van der Waals surface area contributed by atoms with Crippen molar-refractivity contribution in [3.8, 4) is 0 Å². The predicted octanol–water partition coefficient (Wildman–Crippen LogP) is 3.40. The van der Waals surface area contributed by atoms with Gasteiger partial charge in [-0.15, -0.1) is 11.3 Å². The molecular formula is C13H11NO2S. The second-order valence-corrected chi connectivity index (χ2v) is 5.29. The van der Waals surface area contributed by atoms with Crippen LogP contribution in [-0.2, 0) is 7.05 Å². The molecule has 0 spiro atoms. The summed E-state index contributed by atoms with van der Waals surface area (Å²) in [5.74, 6) is -0.878. The largest absolute Gasteiger partial charge is 0.477 e. The van der Waals surface area contributed by atoms with Gasteiger partial charge in [-0.2, -0.15) is 0 Å². The molecule has 3 nitrogen and oxygen atoms in total. The zero-order chi connectivity index (χ0) is 12.2. The van der Waals surface area contributed by atoms with Crippen LogP contribution in [-0.4, -0.2) is 15.6 Å². The molecule has 0 bridgehead atoms. The van der Waals surface area contributed by atoms with Crippen molar-refractivity contribution in [3.05, 3.63) is 35.5 Å². The first-order chi connectivity index (χ1) is 8.08. The number of thiophene rings is 1. The van der Waals surface area contributed by atoms with E-state index < -0.39 is 5.97 Å². The summed E-state index contributed by atoms with van der Waals surface area (Å²) in [5.41, 5.74) is 2.55. The highest BCUT2D eigenvalue weighted by Gasteiger charge is 2.16. The minimum Gasteiger partial charge on any atom is -0.477 e. The quantitative estimate of drug-likeness (QED) is 0.714. The molecule has 4 heteroatoms. The molecule has 0 aliphatic rings. The van der Waals surface area contributed by atoms with Crippen molar-refractivity contribution in [2.45, 2.75) is 6.92 Å². The van der Waals surface area contributed by atoms with Gasteiger partial charge in [-0.25, -0.2) is 4.79 Å². The van der Waals surface area contributed by atoms with E-state index in [1.165, 1.54) is 10.3 Å². The Balaban J connectivity index is 2.48. The molecule has 0 radical (unpaired) electrons. The summed E-state index contributed by atoms with van der Waals surface area (Å²) in [6.45, 7) is 2.05. The molecule has 1 aromatic carbocycles. The summed E-state index contributed by atoms with van der Waals surface area (Å²) in [6, 6.07) is 8.03. The van der Waals surface area contributed by atoms with Gasteiger partial charge in [0.05, 0.1) is 10.2 Å². The van der Waals surface area contributed by atoms with E-state index in [0.717, 1.165) is 15.6 Å². The highest BCUT2D eigenvalue weighted by molar-refractivity contribution is 7.25. The van der Waals surface area contributed by atoms with Crippen LogP contribution in [0.1, 0.15) is 16.1 Å². The minimum absolute atomic E-state index is 0.342. The highest BCUT2D eigenvalue weighted by Crippen LogP contribution is 2.35. The maximum absolute atomic E-state index is 11.1. The molecule has 0 unspecified atom stereocenters. The molecule has 0 amide bonds. The fourth-order valence-electron chi connectivity index (χ4n) is 2.21. The molecule has 0 saturated heterocycles. The number of carbonyl (C=O) groups is 1. The average Bonchev–Trinajstić information content (AvgIpc) is 2.76. The Labute approximate surface area is 102 Å². The first-order valence-corrected chi connectivity index (χ1v) is 6.11. The summed E-state index contributed by atoms with van der Waals surface area (Å²) in [4.78, 5) is 11.1. The maximum Gasteiger partial charge on any atom is 0.352 e. The third-order valence-electron chi connectivity index (χ3n) is 3.03. The van der Waals surface area contributed by atoms with Crippen LogP contribution in [0.15, 0.2) is 24.3 Å². The number of aryl methyl sites for hydroxylation is 2. The van der Waals surface area contributed by atoms with E-state index in [2.05, 4.69) is 18.2 Å². The summed E-state index contributed by atoms with van der Waals surface area (Å²) >= 11 is 1.64. The summed E-state index contributed by atoms with van der Waals surface area (Å²) in [6.07, 6.45) is 0. The Hall–Kier alpha value is -1.81. The molecule has 0 fully saturated rings. The number of hydrogen-bond acceptors (Lipinski definition) is 2. The number of nitrogens with zero attached hydrogens (tertiary/aromatic N) is 1. The number of benzene rings is 1. The van der Waals surface area contributed by atoms with Gasteiger partial charge >= 0.3 is 5.97 Å². The molecule has 0 saturated carbocycles. The summed E-state index contributed by atoms with van der Waals surface area (Å²) in [5, 5.41) is 10.2. The lowest BCUT2D eigenvalue weighted by Gasteiger charge is -2.00. The molecule has 2 heterocycles. The van der Waals surface area contributed by atoms with Gasteiger partial charge in [0.1, 0.15) is 5.69 Å². The zero-order valence-corrected chi connectivity index (χ0v) is 10.3. The maximum atomic E-state index is 11.1. The molecule has 2 aromatic heterocycles. The zero-order valence-electron chi connectivity index (χ0n) is 9.52. The second kappa shape index (κ2) is 3.34. The fourth-order valence-corrected chi connectivity index (χ4v) is 3.36. The molecule has 3 aromatic rings. The van der Waals surface area contributed by atoms with Crippen LogP contribution in [0.25, 0.3) is 20.3 Å². The van der Waals surface area contributed by atoms with Gasteiger partial charge in [0, 0.05) is 17.1 Å². The van der Waals surface area contributed by atoms with E-state index in [1.54, 1.807) is 29.0 Å². The molecule has 0 atom stereocenters. The monoisotopic (exact) mass is 245 g/mol. The summed E-state index contributed by atoms with van der Waals surface area (Å²) in [7, 11) is 1.81. The van der Waals surface area contributed by atoms with Crippen molar-refractivity contribution in [3.63, 3.8) is 0 Å². The van der Waals surface area contributed by atoms with Crippen LogP contribution in [0.5, 0.6) is 0 Å². The van der Waals surface area contributed by atoms with Gasteiger partial charge in [0.15, 0.2) is 0 Å². The Morgan fingerprint density at radius 1 is 1.29 bits per heavy atom. The lowest BCUT2D eigenvalue weighted by Crippen LogP contribution is -2.03. The number of fused-ring (bicyclic) bond motifs is 3. The van der Waals surface area contributed by atoms with Crippen molar-refractivity contribution in [2.24, 2.45) is 7.05 Å². The predicted molar refractivity (Wildman–Crippen MR) is 70.0 cm³/mol. The number of carboxylic acids is 1. The number of hydrogen-bond donors (Lipinski definition) is 1. The molecule has 0 aliphatic carbocycles. The standard InChI is InChI=1S/C13H11NO2S/c1-7-3-4-10-8(5-7)12-11(17-10)6-9(13(15)16)14(12)2/h3-6H,1-2H3,(H,15,16). The van der Waals surface area contributed by atoms with E-state index in [4.69, 9.17) is 5.11 Å². The first kappa shape index (κ1) is 10.4. The number of carboxylic acid groups (broad SMARTS) is 1. The van der Waals surface area contributed by atoms with Crippen molar-refractivity contribution >= 4 is 37.6 Å². The first-order valence-electron chi connectivity index (χ1n) is 5.30. The minimum atomic E-state index is -0.878. The number of aromatic nitrogens is 1. The van der Waals surface area contributed by atoms with Gasteiger partial charge in [0.2, 0.25) is 0 Å². The van der Waals surface area contributed by atoms with Gasteiger partial charge in [0.25, 0.3) is 0 Å². The van der Waals surface area contributed by atoms with E-state index >= 15 is 0 Å². The summed E-state index contributed by atoms with van der Waals surface area (Å²) < 4.78 is 3.99. The number of rotatable bonds is 1. The molecular weight excluding hydrogens is 234 g/mol. The lowest BCUT2D eigenvalue weighted by molar-refractivity contribution is 0.0687.